The van der Waals surface area contributed by atoms with Gasteiger partial charge in [0.05, 0.1) is 6.04 Å². The Morgan fingerprint density at radius 1 is 1.50 bits per heavy atom. The van der Waals surface area contributed by atoms with Crippen molar-refractivity contribution in [3.8, 4) is 0 Å². The second-order valence-corrected chi connectivity index (χ2v) is 5.83. The van der Waals surface area contributed by atoms with Gasteiger partial charge >= 0.3 is 6.09 Å². The summed E-state index contributed by atoms with van der Waals surface area (Å²) in [5, 5.41) is 3.35. The van der Waals surface area contributed by atoms with Crippen LogP contribution < -0.4 is 5.32 Å². The van der Waals surface area contributed by atoms with Crippen molar-refractivity contribution < 1.29 is 9.53 Å². The van der Waals surface area contributed by atoms with Crippen LogP contribution in [-0.2, 0) is 4.74 Å². The summed E-state index contributed by atoms with van der Waals surface area (Å²) in [7, 11) is 0. The number of amides is 1. The number of hydrogen-bond acceptors (Lipinski definition) is 3. The average molecular weight is 279 g/mol. The lowest BCUT2D eigenvalue weighted by Crippen LogP contribution is -2.56. The second-order valence-electron chi connectivity index (χ2n) is 5.83. The predicted molar refractivity (Wildman–Crippen MR) is 76.3 cm³/mol. The molecule has 2 atom stereocenters. The van der Waals surface area contributed by atoms with Gasteiger partial charge < -0.3 is 15.0 Å². The lowest BCUT2D eigenvalue weighted by atomic mass is 9.96. The third kappa shape index (κ3) is 5.02. The standard InChI is InChI=1S/C13H26N2O2.ClH/c1-6-10(2)11-9-14-7-8-15(11)12(16)17-13(3,4)5;/h10-11,14H,6-9H2,1-5H3;1H. The van der Waals surface area contributed by atoms with Crippen molar-refractivity contribution in [2.45, 2.75) is 52.7 Å². The van der Waals surface area contributed by atoms with Crippen molar-refractivity contribution in [2.75, 3.05) is 19.6 Å². The Balaban J connectivity index is 0.00000289. The molecule has 0 radical (unpaired) electrons. The molecule has 0 aromatic carbocycles. The molecule has 0 aliphatic carbocycles. The highest BCUT2D eigenvalue weighted by Crippen LogP contribution is 2.19. The van der Waals surface area contributed by atoms with Crippen LogP contribution in [0.1, 0.15) is 41.0 Å². The van der Waals surface area contributed by atoms with Crippen LogP contribution in [0.15, 0.2) is 0 Å². The van der Waals surface area contributed by atoms with E-state index in [1.807, 2.05) is 25.7 Å². The number of piperazine rings is 1. The van der Waals surface area contributed by atoms with Crippen LogP contribution >= 0.6 is 12.4 Å². The molecule has 0 saturated carbocycles. The first kappa shape index (κ1) is 17.5. The fourth-order valence-electron chi connectivity index (χ4n) is 2.05. The molecule has 1 rings (SSSR count). The molecule has 18 heavy (non-hydrogen) atoms. The van der Waals surface area contributed by atoms with Crippen LogP contribution in [-0.4, -0.2) is 42.3 Å². The SMILES string of the molecule is CCC(C)C1CNCCN1C(=O)OC(C)(C)C.Cl. The fraction of sp³-hybridized carbons (Fsp3) is 0.923. The van der Waals surface area contributed by atoms with Gasteiger partial charge in [0.2, 0.25) is 0 Å². The monoisotopic (exact) mass is 278 g/mol. The lowest BCUT2D eigenvalue weighted by molar-refractivity contribution is 0.00525. The molecule has 1 amide bonds. The third-order valence-electron chi connectivity index (χ3n) is 3.21. The van der Waals surface area contributed by atoms with Gasteiger partial charge in [0.15, 0.2) is 0 Å². The van der Waals surface area contributed by atoms with E-state index in [4.69, 9.17) is 4.74 Å². The fourth-order valence-corrected chi connectivity index (χ4v) is 2.05. The Morgan fingerprint density at radius 3 is 2.61 bits per heavy atom. The van der Waals surface area contributed by atoms with E-state index in [9.17, 15) is 4.79 Å². The maximum Gasteiger partial charge on any atom is 0.410 e. The molecule has 1 N–H and O–H groups in total. The molecule has 0 spiro atoms. The van der Waals surface area contributed by atoms with Gasteiger partial charge in [-0.05, 0) is 26.7 Å². The average Bonchev–Trinajstić information content (AvgIpc) is 2.25. The summed E-state index contributed by atoms with van der Waals surface area (Å²) in [4.78, 5) is 14.0. The molecule has 0 aromatic rings. The van der Waals surface area contributed by atoms with E-state index in [2.05, 4.69) is 19.2 Å². The van der Waals surface area contributed by atoms with Crippen molar-refractivity contribution >= 4 is 18.5 Å². The largest absolute Gasteiger partial charge is 0.444 e. The van der Waals surface area contributed by atoms with Crippen molar-refractivity contribution in [3.63, 3.8) is 0 Å². The number of carbonyl (C=O) groups is 1. The number of nitrogens with one attached hydrogen (secondary N) is 1. The molecular weight excluding hydrogens is 252 g/mol. The van der Waals surface area contributed by atoms with E-state index in [-0.39, 0.29) is 24.5 Å². The highest BCUT2D eigenvalue weighted by molar-refractivity contribution is 5.85. The molecule has 1 saturated heterocycles. The molecule has 0 aromatic heterocycles. The quantitative estimate of drug-likeness (QED) is 0.844. The molecule has 5 heteroatoms. The number of ether oxygens (including phenoxy) is 1. The summed E-state index contributed by atoms with van der Waals surface area (Å²) >= 11 is 0. The lowest BCUT2D eigenvalue weighted by Gasteiger charge is -2.39. The van der Waals surface area contributed by atoms with Crippen LogP contribution in [0.5, 0.6) is 0 Å². The van der Waals surface area contributed by atoms with E-state index in [1.165, 1.54) is 0 Å². The normalized spacial score (nSPS) is 22.1. The first-order chi connectivity index (χ1) is 7.85. The topological polar surface area (TPSA) is 41.6 Å². The summed E-state index contributed by atoms with van der Waals surface area (Å²) in [6.45, 7) is 12.5. The van der Waals surface area contributed by atoms with E-state index < -0.39 is 5.60 Å². The Bertz CT molecular complexity index is 266. The van der Waals surface area contributed by atoms with Crippen LogP contribution in [0, 0.1) is 5.92 Å². The Kier molecular flexibility index (Phi) is 7.00. The maximum absolute atomic E-state index is 12.1. The van der Waals surface area contributed by atoms with E-state index in [0.29, 0.717) is 5.92 Å². The molecule has 4 nitrogen and oxygen atoms in total. The number of nitrogens with zero attached hydrogens (tertiary/aromatic N) is 1. The summed E-state index contributed by atoms with van der Waals surface area (Å²) in [5.41, 5.74) is -0.415. The number of hydrogen-bond donors (Lipinski definition) is 1. The van der Waals surface area contributed by atoms with E-state index >= 15 is 0 Å². The minimum Gasteiger partial charge on any atom is -0.444 e. The zero-order valence-corrected chi connectivity index (χ0v) is 13.0. The number of halogens is 1. The van der Waals surface area contributed by atoms with Gasteiger partial charge in [-0.2, -0.15) is 0 Å². The highest BCUT2D eigenvalue weighted by atomic mass is 35.5. The van der Waals surface area contributed by atoms with Gasteiger partial charge in [0, 0.05) is 19.6 Å². The van der Waals surface area contributed by atoms with Gasteiger partial charge in [-0.15, -0.1) is 12.4 Å². The molecular formula is C13H27ClN2O2. The first-order valence-electron chi connectivity index (χ1n) is 6.55. The number of carbonyl (C=O) groups excluding carboxylic acids is 1. The molecule has 1 aliphatic rings. The zero-order chi connectivity index (χ0) is 13.1. The third-order valence-corrected chi connectivity index (χ3v) is 3.21. The van der Waals surface area contributed by atoms with Crippen molar-refractivity contribution in [2.24, 2.45) is 5.92 Å². The molecule has 0 bridgehead atoms. The van der Waals surface area contributed by atoms with Crippen LogP contribution in [0.3, 0.4) is 0 Å². The Morgan fingerprint density at radius 2 is 2.11 bits per heavy atom. The smallest absolute Gasteiger partial charge is 0.410 e. The van der Waals surface area contributed by atoms with E-state index in [1.54, 1.807) is 0 Å². The van der Waals surface area contributed by atoms with Gasteiger partial charge in [0.1, 0.15) is 5.60 Å². The molecule has 108 valence electrons. The Labute approximate surface area is 117 Å². The molecule has 1 heterocycles. The second kappa shape index (κ2) is 7.19. The van der Waals surface area contributed by atoms with Crippen molar-refractivity contribution in [1.29, 1.82) is 0 Å². The highest BCUT2D eigenvalue weighted by Gasteiger charge is 2.32. The summed E-state index contributed by atoms with van der Waals surface area (Å²) in [5.74, 6) is 0.496. The molecule has 1 aliphatic heterocycles. The summed E-state index contributed by atoms with van der Waals surface area (Å²) in [6, 6.07) is 0.253. The van der Waals surface area contributed by atoms with Crippen LogP contribution in [0.25, 0.3) is 0 Å². The first-order valence-corrected chi connectivity index (χ1v) is 6.55. The summed E-state index contributed by atoms with van der Waals surface area (Å²) < 4.78 is 5.46. The van der Waals surface area contributed by atoms with Crippen LogP contribution in [0.2, 0.25) is 0 Å². The van der Waals surface area contributed by atoms with Crippen LogP contribution in [0.4, 0.5) is 4.79 Å². The number of rotatable bonds is 2. The minimum absolute atomic E-state index is 0. The molecule has 2 unspecified atom stereocenters. The summed E-state index contributed by atoms with van der Waals surface area (Å²) in [6.07, 6.45) is 0.898. The van der Waals surface area contributed by atoms with Gasteiger partial charge in [-0.1, -0.05) is 20.3 Å². The zero-order valence-electron chi connectivity index (χ0n) is 12.2. The van der Waals surface area contributed by atoms with Crippen molar-refractivity contribution in [3.05, 3.63) is 0 Å². The van der Waals surface area contributed by atoms with Crippen molar-refractivity contribution in [1.82, 2.24) is 10.2 Å². The maximum atomic E-state index is 12.1. The van der Waals surface area contributed by atoms with Gasteiger partial charge in [-0.25, -0.2) is 4.79 Å². The van der Waals surface area contributed by atoms with Gasteiger partial charge in [0.25, 0.3) is 0 Å². The predicted octanol–water partition coefficient (Wildman–Crippen LogP) is 2.66. The Hall–Kier alpha value is -0.480. The minimum atomic E-state index is -0.415. The van der Waals surface area contributed by atoms with E-state index in [0.717, 1.165) is 26.1 Å². The molecule has 1 fully saturated rings. The van der Waals surface area contributed by atoms with Gasteiger partial charge in [-0.3, -0.25) is 0 Å².